The van der Waals surface area contributed by atoms with Crippen molar-refractivity contribution in [2.75, 3.05) is 6.61 Å². The van der Waals surface area contributed by atoms with Gasteiger partial charge < -0.3 is 9.47 Å². The summed E-state index contributed by atoms with van der Waals surface area (Å²) in [6, 6.07) is 9.84. The second-order valence-corrected chi connectivity index (χ2v) is 8.71. The lowest BCUT2D eigenvalue weighted by molar-refractivity contribution is 0.0500. The molecule has 0 unspecified atom stereocenters. The number of carbonyl (C=O) groups is 1. The number of hydrogen-bond acceptors (Lipinski definition) is 4. The van der Waals surface area contributed by atoms with Gasteiger partial charge in [-0.05, 0) is 79.8 Å². The molecule has 2 heterocycles. The lowest BCUT2D eigenvalue weighted by Gasteiger charge is -2.33. The van der Waals surface area contributed by atoms with Crippen LogP contribution in [0.4, 0.5) is 4.39 Å². The monoisotopic (exact) mass is 526 g/mol. The van der Waals surface area contributed by atoms with E-state index < -0.39 is 17.4 Å². The third-order valence-corrected chi connectivity index (χ3v) is 5.63. The lowest BCUT2D eigenvalue weighted by Crippen LogP contribution is -2.31. The summed E-state index contributed by atoms with van der Waals surface area (Å²) < 4.78 is 27.7. The fourth-order valence-corrected chi connectivity index (χ4v) is 4.22. The van der Waals surface area contributed by atoms with Crippen LogP contribution in [0.15, 0.2) is 36.4 Å². The van der Waals surface area contributed by atoms with Gasteiger partial charge in [-0.1, -0.05) is 11.6 Å². The zero-order valence-corrected chi connectivity index (χ0v) is 18.8. The van der Waals surface area contributed by atoms with Crippen molar-refractivity contribution in [3.63, 3.8) is 0 Å². The van der Waals surface area contributed by atoms with Crippen molar-refractivity contribution in [1.29, 1.82) is 0 Å². The number of carbonyl (C=O) groups excluding carboxylic acids is 1. The summed E-state index contributed by atoms with van der Waals surface area (Å²) in [5, 5.41) is 4.72. The van der Waals surface area contributed by atoms with Gasteiger partial charge in [-0.3, -0.25) is 0 Å². The van der Waals surface area contributed by atoms with Crippen LogP contribution in [-0.4, -0.2) is 22.4 Å². The second-order valence-electron chi connectivity index (χ2n) is 7.05. The molecule has 5 nitrogen and oxygen atoms in total. The highest BCUT2D eigenvalue weighted by Crippen LogP contribution is 2.48. The maximum absolute atomic E-state index is 13.6. The standard InChI is InChI=1S/C21H17ClFIN2O3/c1-4-28-20(27)18-17-19(26(25-18)15-8-5-11(23)9-14(15)22)13-7-6-12(24)10-16(13)29-21(17,2)3/h5-10H,4H2,1-3H3. The molecule has 150 valence electrons. The van der Waals surface area contributed by atoms with Crippen LogP contribution in [0, 0.1) is 9.39 Å². The van der Waals surface area contributed by atoms with Gasteiger partial charge in [0.1, 0.15) is 17.2 Å². The summed E-state index contributed by atoms with van der Waals surface area (Å²) in [5.74, 6) is -0.334. The Bertz CT molecular complexity index is 1140. The van der Waals surface area contributed by atoms with E-state index in [1.54, 1.807) is 11.6 Å². The van der Waals surface area contributed by atoms with Crippen molar-refractivity contribution >= 4 is 40.2 Å². The van der Waals surface area contributed by atoms with Gasteiger partial charge >= 0.3 is 5.97 Å². The minimum Gasteiger partial charge on any atom is -0.482 e. The number of nitrogens with zero attached hydrogens (tertiary/aromatic N) is 2. The molecule has 0 atom stereocenters. The largest absolute Gasteiger partial charge is 0.482 e. The molecule has 2 aromatic carbocycles. The van der Waals surface area contributed by atoms with Gasteiger partial charge in [-0.2, -0.15) is 5.10 Å². The Hall–Kier alpha value is -2.13. The molecule has 0 radical (unpaired) electrons. The normalized spacial score (nSPS) is 14.0. The Morgan fingerprint density at radius 1 is 1.31 bits per heavy atom. The predicted octanol–water partition coefficient (Wildman–Crippen LogP) is 5.74. The Morgan fingerprint density at radius 2 is 2.07 bits per heavy atom. The zero-order chi connectivity index (χ0) is 20.9. The molecule has 0 spiro atoms. The van der Waals surface area contributed by atoms with Crippen LogP contribution >= 0.6 is 34.2 Å². The van der Waals surface area contributed by atoms with E-state index in [2.05, 4.69) is 27.7 Å². The predicted molar refractivity (Wildman–Crippen MR) is 116 cm³/mol. The van der Waals surface area contributed by atoms with Gasteiger partial charge in [0.25, 0.3) is 0 Å². The van der Waals surface area contributed by atoms with Crippen LogP contribution in [0.1, 0.15) is 36.8 Å². The number of benzene rings is 2. The lowest BCUT2D eigenvalue weighted by atomic mass is 9.89. The van der Waals surface area contributed by atoms with Crippen LogP contribution in [0.25, 0.3) is 16.9 Å². The first-order valence-corrected chi connectivity index (χ1v) is 10.4. The van der Waals surface area contributed by atoms with Crippen molar-refractivity contribution in [2.45, 2.75) is 26.4 Å². The quantitative estimate of drug-likeness (QED) is 0.323. The van der Waals surface area contributed by atoms with Crippen LogP contribution in [0.2, 0.25) is 5.02 Å². The molecule has 3 aromatic rings. The Labute approximate surface area is 185 Å². The smallest absolute Gasteiger partial charge is 0.359 e. The van der Waals surface area contributed by atoms with E-state index in [9.17, 15) is 9.18 Å². The van der Waals surface area contributed by atoms with Gasteiger partial charge in [0, 0.05) is 9.13 Å². The molecule has 8 heteroatoms. The summed E-state index contributed by atoms with van der Waals surface area (Å²) >= 11 is 8.54. The fraction of sp³-hybridized carbons (Fsp3) is 0.238. The van der Waals surface area contributed by atoms with Crippen molar-refractivity contribution in [1.82, 2.24) is 9.78 Å². The highest BCUT2D eigenvalue weighted by atomic mass is 127. The van der Waals surface area contributed by atoms with E-state index in [4.69, 9.17) is 21.1 Å². The molecule has 1 aliphatic rings. The first kappa shape index (κ1) is 20.2. The molecule has 1 aromatic heterocycles. The topological polar surface area (TPSA) is 53.3 Å². The minimum atomic E-state index is -0.848. The number of ether oxygens (including phenoxy) is 2. The molecular formula is C21H17ClFIN2O3. The number of aromatic nitrogens is 2. The number of hydrogen-bond donors (Lipinski definition) is 0. The van der Waals surface area contributed by atoms with Crippen molar-refractivity contribution in [2.24, 2.45) is 0 Å². The molecule has 0 amide bonds. The zero-order valence-electron chi connectivity index (χ0n) is 15.9. The number of rotatable bonds is 3. The number of halogens is 3. The van der Waals surface area contributed by atoms with E-state index in [-0.39, 0.29) is 17.3 Å². The summed E-state index contributed by atoms with van der Waals surface area (Å²) in [5.41, 5.74) is 1.80. The summed E-state index contributed by atoms with van der Waals surface area (Å²) in [4.78, 5) is 12.7. The minimum absolute atomic E-state index is 0.149. The Kier molecular flexibility index (Phi) is 5.06. The molecule has 29 heavy (non-hydrogen) atoms. The molecule has 4 rings (SSSR count). The maximum atomic E-state index is 13.6. The van der Waals surface area contributed by atoms with E-state index >= 15 is 0 Å². The molecule has 1 aliphatic heterocycles. The fourth-order valence-electron chi connectivity index (χ4n) is 3.51. The van der Waals surface area contributed by atoms with Gasteiger partial charge in [-0.25, -0.2) is 13.9 Å². The van der Waals surface area contributed by atoms with Crippen molar-refractivity contribution < 1.29 is 18.7 Å². The number of esters is 1. The number of fused-ring (bicyclic) bond motifs is 3. The molecule has 0 fully saturated rings. The van der Waals surface area contributed by atoms with Crippen LogP contribution < -0.4 is 4.74 Å². The third-order valence-electron chi connectivity index (χ3n) is 4.66. The average molecular weight is 527 g/mol. The molecule has 0 bridgehead atoms. The molecular weight excluding hydrogens is 510 g/mol. The molecule has 0 saturated carbocycles. The third kappa shape index (κ3) is 3.40. The molecule has 0 saturated heterocycles. The van der Waals surface area contributed by atoms with Gasteiger partial charge in [-0.15, -0.1) is 0 Å². The van der Waals surface area contributed by atoms with Gasteiger partial charge in [0.05, 0.1) is 28.6 Å². The van der Waals surface area contributed by atoms with E-state index in [0.29, 0.717) is 22.7 Å². The molecule has 0 N–H and O–H groups in total. The SMILES string of the molecule is CCOC(=O)c1nn(-c2ccc(F)cc2Cl)c2c1C(C)(C)Oc1cc(I)ccc1-2. The van der Waals surface area contributed by atoms with E-state index in [1.165, 1.54) is 18.2 Å². The summed E-state index contributed by atoms with van der Waals surface area (Å²) in [6.07, 6.45) is 0. The van der Waals surface area contributed by atoms with Crippen molar-refractivity contribution in [3.8, 4) is 22.7 Å². The first-order valence-electron chi connectivity index (χ1n) is 8.98. The van der Waals surface area contributed by atoms with Gasteiger partial charge in [0.15, 0.2) is 5.69 Å². The molecule has 0 aliphatic carbocycles. The maximum Gasteiger partial charge on any atom is 0.359 e. The highest BCUT2D eigenvalue weighted by molar-refractivity contribution is 14.1. The highest BCUT2D eigenvalue weighted by Gasteiger charge is 2.41. The summed E-state index contributed by atoms with van der Waals surface area (Å²) in [6.45, 7) is 5.69. The summed E-state index contributed by atoms with van der Waals surface area (Å²) in [7, 11) is 0. The Balaban J connectivity index is 2.08. The first-order chi connectivity index (χ1) is 13.7. The average Bonchev–Trinajstić information content (AvgIpc) is 3.03. The van der Waals surface area contributed by atoms with Crippen LogP contribution in [-0.2, 0) is 10.3 Å². The van der Waals surface area contributed by atoms with Crippen LogP contribution in [0.3, 0.4) is 0 Å². The Morgan fingerprint density at radius 3 is 2.76 bits per heavy atom. The van der Waals surface area contributed by atoms with Gasteiger partial charge in [0.2, 0.25) is 0 Å². The second kappa shape index (κ2) is 7.28. The van der Waals surface area contributed by atoms with Crippen LogP contribution in [0.5, 0.6) is 5.75 Å². The van der Waals surface area contributed by atoms with E-state index in [0.717, 1.165) is 9.13 Å². The van der Waals surface area contributed by atoms with E-state index in [1.807, 2.05) is 32.0 Å². The van der Waals surface area contributed by atoms with Crippen molar-refractivity contribution in [3.05, 3.63) is 62.1 Å².